The average molecular weight is 274 g/mol. The van der Waals surface area contributed by atoms with Gasteiger partial charge in [0, 0.05) is 6.92 Å². The van der Waals surface area contributed by atoms with Crippen molar-refractivity contribution in [2.24, 2.45) is 0 Å². The smallest absolute Gasteiger partial charge is 0.302 e. The monoisotopic (exact) mass is 274 g/mol. The molecule has 0 bridgehead atoms. The van der Waals surface area contributed by atoms with Crippen LogP contribution in [0.5, 0.6) is 0 Å². The summed E-state index contributed by atoms with van der Waals surface area (Å²) in [7, 11) is 0. The zero-order chi connectivity index (χ0) is 14.4. The summed E-state index contributed by atoms with van der Waals surface area (Å²) in [5.74, 6) is -0.249. The summed E-state index contributed by atoms with van der Waals surface area (Å²) >= 11 is 0. The first-order valence-electron chi connectivity index (χ1n) is 7.03. The van der Waals surface area contributed by atoms with Gasteiger partial charge in [-0.1, -0.05) is 54.6 Å². The number of rotatable bonds is 2. The number of esters is 1. The zero-order valence-electron chi connectivity index (χ0n) is 11.7. The molecule has 0 unspecified atom stereocenters. The maximum Gasteiger partial charge on any atom is 0.302 e. The van der Waals surface area contributed by atoms with Gasteiger partial charge in [-0.3, -0.25) is 4.79 Å². The molecule has 0 amide bonds. The Morgan fingerprint density at radius 2 is 1.48 bits per heavy atom. The van der Waals surface area contributed by atoms with E-state index in [9.17, 15) is 4.79 Å². The fraction of sp³-hybridized carbons (Fsp3) is 0.105. The summed E-state index contributed by atoms with van der Waals surface area (Å²) in [5.41, 5.74) is 1.05. The van der Waals surface area contributed by atoms with E-state index >= 15 is 0 Å². The Kier molecular flexibility index (Phi) is 2.58. The van der Waals surface area contributed by atoms with Gasteiger partial charge in [-0.2, -0.15) is 0 Å². The minimum Gasteiger partial charge on any atom is -0.461 e. The summed E-state index contributed by atoms with van der Waals surface area (Å²) in [4.78, 5) is 11.1. The van der Waals surface area contributed by atoms with Crippen LogP contribution in [0.4, 0.5) is 0 Å². The van der Waals surface area contributed by atoms with Crippen LogP contribution in [-0.2, 0) is 16.1 Å². The molecular formula is C19H14O2. The lowest BCUT2D eigenvalue weighted by atomic mass is 9.92. The van der Waals surface area contributed by atoms with Crippen molar-refractivity contribution in [3.8, 4) is 0 Å². The second-order valence-corrected chi connectivity index (χ2v) is 5.36. The molecule has 4 aromatic rings. The topological polar surface area (TPSA) is 26.3 Å². The van der Waals surface area contributed by atoms with E-state index in [2.05, 4.69) is 48.5 Å². The molecule has 0 atom stereocenters. The lowest BCUT2D eigenvalue weighted by Gasteiger charge is -2.13. The fourth-order valence-corrected chi connectivity index (χ4v) is 3.10. The molecule has 4 rings (SSSR count). The fourth-order valence-electron chi connectivity index (χ4n) is 3.10. The van der Waals surface area contributed by atoms with Gasteiger partial charge in [0.15, 0.2) is 0 Å². The highest BCUT2D eigenvalue weighted by Gasteiger charge is 2.10. The highest BCUT2D eigenvalue weighted by Crippen LogP contribution is 2.35. The van der Waals surface area contributed by atoms with Crippen molar-refractivity contribution in [3.63, 3.8) is 0 Å². The Morgan fingerprint density at radius 3 is 2.19 bits per heavy atom. The third-order valence-corrected chi connectivity index (χ3v) is 4.05. The number of benzene rings is 4. The molecule has 0 N–H and O–H groups in total. The molecule has 4 aromatic carbocycles. The highest BCUT2D eigenvalue weighted by molar-refractivity contribution is 6.23. The Balaban J connectivity index is 2.08. The molecular weight excluding hydrogens is 260 g/mol. The van der Waals surface area contributed by atoms with E-state index in [0.29, 0.717) is 6.61 Å². The van der Waals surface area contributed by atoms with Gasteiger partial charge in [0.25, 0.3) is 0 Å². The van der Waals surface area contributed by atoms with Gasteiger partial charge in [0.1, 0.15) is 6.61 Å². The van der Waals surface area contributed by atoms with Crippen LogP contribution in [0, 0.1) is 0 Å². The second-order valence-electron chi connectivity index (χ2n) is 5.36. The molecule has 0 heterocycles. The van der Waals surface area contributed by atoms with Crippen molar-refractivity contribution in [1.82, 2.24) is 0 Å². The quantitative estimate of drug-likeness (QED) is 0.393. The second kappa shape index (κ2) is 4.45. The first-order valence-corrected chi connectivity index (χ1v) is 7.03. The van der Waals surface area contributed by atoms with Gasteiger partial charge in [-0.15, -0.1) is 0 Å². The number of hydrogen-bond donors (Lipinski definition) is 0. The standard InChI is InChI=1S/C19H14O2/c1-12(20)21-11-16-8-7-15-6-5-13-3-2-4-14-9-10-17(16)19(15)18(13)14/h2-10H,11H2,1H3. The maximum atomic E-state index is 11.1. The number of ether oxygens (including phenoxy) is 1. The van der Waals surface area contributed by atoms with Crippen molar-refractivity contribution in [3.05, 3.63) is 60.2 Å². The van der Waals surface area contributed by atoms with E-state index in [1.165, 1.54) is 33.9 Å². The molecule has 0 aliphatic rings. The van der Waals surface area contributed by atoms with Gasteiger partial charge in [-0.05, 0) is 37.9 Å². The Labute approximate surface area is 122 Å². The van der Waals surface area contributed by atoms with E-state index in [4.69, 9.17) is 4.74 Å². The third-order valence-electron chi connectivity index (χ3n) is 4.05. The molecule has 21 heavy (non-hydrogen) atoms. The van der Waals surface area contributed by atoms with E-state index < -0.39 is 0 Å². The van der Waals surface area contributed by atoms with Crippen molar-refractivity contribution in [2.75, 3.05) is 0 Å². The summed E-state index contributed by atoms with van der Waals surface area (Å²) < 4.78 is 5.18. The van der Waals surface area contributed by atoms with Crippen molar-refractivity contribution >= 4 is 38.3 Å². The number of carbonyl (C=O) groups excluding carboxylic acids is 1. The summed E-state index contributed by atoms with van der Waals surface area (Å²) in [6.45, 7) is 1.76. The van der Waals surface area contributed by atoms with Crippen molar-refractivity contribution in [1.29, 1.82) is 0 Å². The molecule has 0 spiro atoms. The number of hydrogen-bond acceptors (Lipinski definition) is 2. The van der Waals surface area contributed by atoms with Gasteiger partial charge < -0.3 is 4.74 Å². The van der Waals surface area contributed by atoms with Crippen LogP contribution in [-0.4, -0.2) is 5.97 Å². The third kappa shape index (κ3) is 1.83. The van der Waals surface area contributed by atoms with E-state index in [-0.39, 0.29) is 5.97 Å². The average Bonchev–Trinajstić information content (AvgIpc) is 2.51. The Hall–Kier alpha value is -2.61. The first-order chi connectivity index (χ1) is 10.2. The van der Waals surface area contributed by atoms with Crippen LogP contribution in [0.1, 0.15) is 12.5 Å². The molecule has 0 radical (unpaired) electrons. The molecule has 2 nitrogen and oxygen atoms in total. The molecule has 0 saturated carbocycles. The van der Waals surface area contributed by atoms with Crippen LogP contribution in [0.15, 0.2) is 54.6 Å². The van der Waals surface area contributed by atoms with Gasteiger partial charge in [0.2, 0.25) is 0 Å². The summed E-state index contributed by atoms with van der Waals surface area (Å²) in [5, 5.41) is 7.43. The van der Waals surface area contributed by atoms with Crippen LogP contribution >= 0.6 is 0 Å². The van der Waals surface area contributed by atoms with Gasteiger partial charge in [0.05, 0.1) is 0 Å². The van der Waals surface area contributed by atoms with Crippen molar-refractivity contribution in [2.45, 2.75) is 13.5 Å². The predicted molar refractivity (Wildman–Crippen MR) is 85.6 cm³/mol. The molecule has 0 aliphatic heterocycles. The summed E-state index contributed by atoms with van der Waals surface area (Å²) in [6.07, 6.45) is 0. The lowest BCUT2D eigenvalue weighted by molar-refractivity contribution is -0.142. The normalized spacial score (nSPS) is 11.5. The minimum atomic E-state index is -0.249. The predicted octanol–water partition coefficient (Wildman–Crippen LogP) is 4.65. The molecule has 2 heteroatoms. The first kappa shape index (κ1) is 12.2. The molecule has 0 fully saturated rings. The lowest BCUT2D eigenvalue weighted by Crippen LogP contribution is -1.99. The van der Waals surface area contributed by atoms with E-state index in [1.54, 1.807) is 0 Å². The maximum absolute atomic E-state index is 11.1. The van der Waals surface area contributed by atoms with Crippen LogP contribution in [0.25, 0.3) is 32.3 Å². The van der Waals surface area contributed by atoms with Gasteiger partial charge in [-0.25, -0.2) is 0 Å². The highest BCUT2D eigenvalue weighted by atomic mass is 16.5. The van der Waals surface area contributed by atoms with Crippen molar-refractivity contribution < 1.29 is 9.53 Å². The Bertz CT molecular complexity index is 953. The largest absolute Gasteiger partial charge is 0.461 e. The zero-order valence-corrected chi connectivity index (χ0v) is 11.7. The Morgan fingerprint density at radius 1 is 0.857 bits per heavy atom. The van der Waals surface area contributed by atoms with E-state index in [1.807, 2.05) is 6.07 Å². The number of carbonyl (C=O) groups is 1. The van der Waals surface area contributed by atoms with Crippen LogP contribution in [0.2, 0.25) is 0 Å². The van der Waals surface area contributed by atoms with E-state index in [0.717, 1.165) is 10.9 Å². The molecule has 0 saturated heterocycles. The molecule has 0 aliphatic carbocycles. The molecule has 0 aromatic heterocycles. The van der Waals surface area contributed by atoms with Gasteiger partial charge >= 0.3 is 5.97 Å². The van der Waals surface area contributed by atoms with Crippen LogP contribution in [0.3, 0.4) is 0 Å². The molecule has 102 valence electrons. The van der Waals surface area contributed by atoms with Crippen LogP contribution < -0.4 is 0 Å². The minimum absolute atomic E-state index is 0.249. The SMILES string of the molecule is CC(=O)OCc1ccc2ccc3cccc4ccc1c2c34. The summed E-state index contributed by atoms with van der Waals surface area (Å²) in [6, 6.07) is 19.1.